The first-order valence-corrected chi connectivity index (χ1v) is 6.50. The number of aryl methyl sites for hydroxylation is 1. The molecule has 0 aliphatic heterocycles. The summed E-state index contributed by atoms with van der Waals surface area (Å²) in [7, 11) is 0. The number of aliphatic hydroxyl groups is 1. The summed E-state index contributed by atoms with van der Waals surface area (Å²) in [6.07, 6.45) is 0. The molecule has 0 aliphatic carbocycles. The molecule has 0 atom stereocenters. The van der Waals surface area contributed by atoms with Crippen LogP contribution in [0.4, 0.5) is 0 Å². The van der Waals surface area contributed by atoms with E-state index < -0.39 is 3.79 Å². The molecule has 2 heterocycles. The number of hydrogen-bond donors (Lipinski definition) is 1. The van der Waals surface area contributed by atoms with Gasteiger partial charge in [-0.1, -0.05) is 40.0 Å². The van der Waals surface area contributed by atoms with Crippen molar-refractivity contribution in [3.8, 4) is 5.13 Å². The average Bonchev–Trinajstić information content (AvgIpc) is 2.81. The van der Waals surface area contributed by atoms with Crippen molar-refractivity contribution in [2.75, 3.05) is 0 Å². The second-order valence-electron chi connectivity index (χ2n) is 3.22. The summed E-state index contributed by atoms with van der Waals surface area (Å²) in [6.45, 7) is 1.49. The molecule has 17 heavy (non-hydrogen) atoms. The predicted octanol–water partition coefficient (Wildman–Crippen LogP) is 2.35. The van der Waals surface area contributed by atoms with Gasteiger partial charge in [0.2, 0.25) is 8.92 Å². The standard InChI is InChI=1S/C8H7Cl3N4OS/c1-4-3-17-7(12-4)15-6(8(9,10)11)5(2-16)13-14-15/h3,16H,2H2,1H3. The van der Waals surface area contributed by atoms with Crippen LogP contribution in [0.15, 0.2) is 5.38 Å². The summed E-state index contributed by atoms with van der Waals surface area (Å²) in [5.74, 6) is 0. The highest BCUT2D eigenvalue weighted by atomic mass is 35.6. The van der Waals surface area contributed by atoms with Crippen LogP contribution >= 0.6 is 46.1 Å². The zero-order valence-corrected chi connectivity index (χ0v) is 11.6. The van der Waals surface area contributed by atoms with E-state index in [1.54, 1.807) is 0 Å². The van der Waals surface area contributed by atoms with Crippen LogP contribution in [0.2, 0.25) is 0 Å². The minimum absolute atomic E-state index is 0.208. The molecule has 0 aliphatic rings. The molecule has 9 heteroatoms. The van der Waals surface area contributed by atoms with Crippen molar-refractivity contribution in [1.29, 1.82) is 0 Å². The zero-order chi connectivity index (χ0) is 12.6. The molecule has 0 unspecified atom stereocenters. The Hall–Kier alpha value is -0.400. The lowest BCUT2D eigenvalue weighted by Gasteiger charge is -2.12. The molecule has 2 aromatic heterocycles. The Morgan fingerprint density at radius 1 is 1.47 bits per heavy atom. The van der Waals surface area contributed by atoms with E-state index in [0.29, 0.717) is 5.13 Å². The Kier molecular flexibility index (Phi) is 3.61. The van der Waals surface area contributed by atoms with E-state index in [1.165, 1.54) is 16.0 Å². The highest BCUT2D eigenvalue weighted by molar-refractivity contribution is 7.12. The first-order valence-electron chi connectivity index (χ1n) is 4.48. The monoisotopic (exact) mass is 312 g/mol. The van der Waals surface area contributed by atoms with Crippen LogP contribution in [0.5, 0.6) is 0 Å². The third kappa shape index (κ3) is 2.56. The molecule has 92 valence electrons. The van der Waals surface area contributed by atoms with E-state index >= 15 is 0 Å². The minimum Gasteiger partial charge on any atom is -0.390 e. The maximum Gasteiger partial charge on any atom is 0.234 e. The summed E-state index contributed by atoms with van der Waals surface area (Å²) >= 11 is 18.9. The molecule has 0 saturated heterocycles. The van der Waals surface area contributed by atoms with Crippen LogP contribution in [0, 0.1) is 6.92 Å². The van der Waals surface area contributed by atoms with Crippen molar-refractivity contribution >= 4 is 46.1 Å². The van der Waals surface area contributed by atoms with Gasteiger partial charge in [0.15, 0.2) is 0 Å². The van der Waals surface area contributed by atoms with Gasteiger partial charge in [-0.05, 0) is 6.92 Å². The first-order chi connectivity index (χ1) is 7.93. The molecule has 0 aromatic carbocycles. The molecule has 0 amide bonds. The molecule has 0 saturated carbocycles. The number of nitrogens with zero attached hydrogens (tertiary/aromatic N) is 4. The molecule has 0 radical (unpaired) electrons. The smallest absolute Gasteiger partial charge is 0.234 e. The van der Waals surface area contributed by atoms with Crippen LogP contribution in [0.3, 0.4) is 0 Å². The van der Waals surface area contributed by atoms with Crippen LogP contribution in [0.1, 0.15) is 17.1 Å². The summed E-state index contributed by atoms with van der Waals surface area (Å²) in [5, 5.41) is 19.1. The second-order valence-corrected chi connectivity index (χ2v) is 6.34. The van der Waals surface area contributed by atoms with Crippen LogP contribution in [0.25, 0.3) is 5.13 Å². The minimum atomic E-state index is -1.72. The first kappa shape index (κ1) is 13.0. The van der Waals surface area contributed by atoms with Gasteiger partial charge >= 0.3 is 0 Å². The summed E-state index contributed by atoms with van der Waals surface area (Å²) < 4.78 is -0.392. The van der Waals surface area contributed by atoms with E-state index in [2.05, 4.69) is 15.3 Å². The number of halogens is 3. The molecule has 5 nitrogen and oxygen atoms in total. The van der Waals surface area contributed by atoms with Crippen LogP contribution < -0.4 is 0 Å². The number of alkyl halides is 3. The van der Waals surface area contributed by atoms with Gasteiger partial charge in [0.25, 0.3) is 0 Å². The molecule has 0 bridgehead atoms. The highest BCUT2D eigenvalue weighted by Crippen LogP contribution is 2.40. The van der Waals surface area contributed by atoms with Crippen molar-refractivity contribution in [3.05, 3.63) is 22.5 Å². The number of thiazole rings is 1. The quantitative estimate of drug-likeness (QED) is 0.865. The third-order valence-corrected chi connectivity index (χ3v) is 3.42. The molecule has 2 aromatic rings. The summed E-state index contributed by atoms with van der Waals surface area (Å²) in [6, 6.07) is 0. The fourth-order valence-electron chi connectivity index (χ4n) is 1.28. The molecule has 0 fully saturated rings. The lowest BCUT2D eigenvalue weighted by atomic mass is 10.3. The van der Waals surface area contributed by atoms with Gasteiger partial charge in [-0.2, -0.15) is 4.68 Å². The predicted molar refractivity (Wildman–Crippen MR) is 66.9 cm³/mol. The Morgan fingerprint density at radius 3 is 2.65 bits per heavy atom. The average molecular weight is 314 g/mol. The lowest BCUT2D eigenvalue weighted by Crippen LogP contribution is -2.12. The van der Waals surface area contributed by atoms with Gasteiger partial charge in [0.05, 0.1) is 12.3 Å². The Labute approximate surface area is 116 Å². The maximum absolute atomic E-state index is 9.14. The highest BCUT2D eigenvalue weighted by Gasteiger charge is 2.33. The molecule has 0 spiro atoms. The van der Waals surface area contributed by atoms with Crippen molar-refractivity contribution in [3.63, 3.8) is 0 Å². The fourth-order valence-corrected chi connectivity index (χ4v) is 2.60. The summed E-state index contributed by atoms with van der Waals surface area (Å²) in [5.41, 5.74) is 1.26. The SMILES string of the molecule is Cc1csc(-n2nnc(CO)c2C(Cl)(Cl)Cl)n1. The Bertz CT molecular complexity index is 533. The van der Waals surface area contributed by atoms with E-state index in [4.69, 9.17) is 39.9 Å². The summed E-state index contributed by atoms with van der Waals surface area (Å²) in [4.78, 5) is 4.22. The van der Waals surface area contributed by atoms with Crippen molar-refractivity contribution < 1.29 is 5.11 Å². The molecular formula is C8H7Cl3N4OS. The van der Waals surface area contributed by atoms with Crippen LogP contribution in [-0.2, 0) is 10.4 Å². The second kappa shape index (κ2) is 4.70. The number of aliphatic hydroxyl groups excluding tert-OH is 1. The van der Waals surface area contributed by atoms with E-state index in [9.17, 15) is 0 Å². The zero-order valence-electron chi connectivity index (χ0n) is 8.56. The topological polar surface area (TPSA) is 63.8 Å². The van der Waals surface area contributed by atoms with Crippen molar-refractivity contribution in [2.45, 2.75) is 17.3 Å². The van der Waals surface area contributed by atoms with Gasteiger partial charge in [0.1, 0.15) is 11.4 Å². The van der Waals surface area contributed by atoms with Gasteiger partial charge in [-0.15, -0.1) is 16.4 Å². The van der Waals surface area contributed by atoms with E-state index in [-0.39, 0.29) is 18.0 Å². The van der Waals surface area contributed by atoms with Gasteiger partial charge < -0.3 is 5.11 Å². The van der Waals surface area contributed by atoms with Crippen molar-refractivity contribution in [1.82, 2.24) is 20.0 Å². The molecular weight excluding hydrogens is 307 g/mol. The van der Waals surface area contributed by atoms with E-state index in [1.807, 2.05) is 12.3 Å². The van der Waals surface area contributed by atoms with E-state index in [0.717, 1.165) is 5.69 Å². The number of hydrogen-bond acceptors (Lipinski definition) is 5. The fraction of sp³-hybridized carbons (Fsp3) is 0.375. The largest absolute Gasteiger partial charge is 0.390 e. The normalized spacial score (nSPS) is 12.1. The van der Waals surface area contributed by atoms with Crippen molar-refractivity contribution in [2.24, 2.45) is 0 Å². The van der Waals surface area contributed by atoms with Crippen LogP contribution in [-0.4, -0.2) is 25.1 Å². The molecule has 2 rings (SSSR count). The Morgan fingerprint density at radius 2 is 2.18 bits per heavy atom. The maximum atomic E-state index is 9.14. The van der Waals surface area contributed by atoms with Gasteiger partial charge in [-0.25, -0.2) is 4.98 Å². The third-order valence-electron chi connectivity index (χ3n) is 1.95. The van der Waals surface area contributed by atoms with Gasteiger partial charge in [0, 0.05) is 5.38 Å². The Balaban J connectivity index is 2.59. The molecule has 1 N–H and O–H groups in total. The lowest BCUT2D eigenvalue weighted by molar-refractivity contribution is 0.275. The number of aromatic nitrogens is 4. The number of rotatable bonds is 2. The van der Waals surface area contributed by atoms with Gasteiger partial charge in [-0.3, -0.25) is 0 Å².